The standard InChI is InChI=1S/C20H23N5/c1-5-25(17-8-6-7-14(2)11-17)20-23-19(13-21-24-20)22-18-12-15(3)9-10-16(18)4/h6-13H,5H2,1-4H3,(H,22,23,24). The fourth-order valence-electron chi connectivity index (χ4n) is 2.71. The Balaban J connectivity index is 1.91. The summed E-state index contributed by atoms with van der Waals surface area (Å²) >= 11 is 0. The maximum atomic E-state index is 4.66. The molecule has 0 aliphatic carbocycles. The van der Waals surface area contributed by atoms with Crippen molar-refractivity contribution in [3.05, 3.63) is 65.4 Å². The number of aromatic nitrogens is 3. The van der Waals surface area contributed by atoms with Gasteiger partial charge in [-0.3, -0.25) is 0 Å². The van der Waals surface area contributed by atoms with Crippen molar-refractivity contribution in [2.45, 2.75) is 27.7 Å². The Labute approximate surface area is 148 Å². The van der Waals surface area contributed by atoms with E-state index in [2.05, 4.69) is 84.6 Å². The molecule has 0 radical (unpaired) electrons. The quantitative estimate of drug-likeness (QED) is 0.733. The van der Waals surface area contributed by atoms with Gasteiger partial charge < -0.3 is 10.2 Å². The molecule has 1 N–H and O–H groups in total. The van der Waals surface area contributed by atoms with E-state index in [1.807, 2.05) is 11.0 Å². The van der Waals surface area contributed by atoms with Crippen molar-refractivity contribution in [1.82, 2.24) is 15.2 Å². The van der Waals surface area contributed by atoms with Gasteiger partial charge in [0.15, 0.2) is 5.82 Å². The van der Waals surface area contributed by atoms with Gasteiger partial charge in [-0.2, -0.15) is 10.1 Å². The number of nitrogens with one attached hydrogen (secondary N) is 1. The highest BCUT2D eigenvalue weighted by Gasteiger charge is 2.12. The largest absolute Gasteiger partial charge is 0.339 e. The van der Waals surface area contributed by atoms with Crippen molar-refractivity contribution in [1.29, 1.82) is 0 Å². The average Bonchev–Trinajstić information content (AvgIpc) is 2.59. The Hall–Kier alpha value is -2.95. The van der Waals surface area contributed by atoms with Crippen LogP contribution in [-0.4, -0.2) is 21.7 Å². The molecule has 128 valence electrons. The van der Waals surface area contributed by atoms with Crippen molar-refractivity contribution in [3.63, 3.8) is 0 Å². The van der Waals surface area contributed by atoms with Crippen molar-refractivity contribution in [2.24, 2.45) is 0 Å². The third-order valence-electron chi connectivity index (χ3n) is 4.07. The van der Waals surface area contributed by atoms with Gasteiger partial charge in [-0.15, -0.1) is 5.10 Å². The molecule has 0 unspecified atom stereocenters. The van der Waals surface area contributed by atoms with Crippen LogP contribution in [0.4, 0.5) is 23.1 Å². The highest BCUT2D eigenvalue weighted by Crippen LogP contribution is 2.25. The van der Waals surface area contributed by atoms with Crippen LogP contribution in [0.25, 0.3) is 0 Å². The van der Waals surface area contributed by atoms with Crippen LogP contribution in [0.5, 0.6) is 0 Å². The van der Waals surface area contributed by atoms with Gasteiger partial charge in [0.2, 0.25) is 0 Å². The molecule has 2 aromatic carbocycles. The summed E-state index contributed by atoms with van der Waals surface area (Å²) in [4.78, 5) is 6.71. The van der Waals surface area contributed by atoms with Crippen LogP contribution in [0.3, 0.4) is 0 Å². The number of aryl methyl sites for hydroxylation is 3. The maximum Gasteiger partial charge on any atom is 0.251 e. The van der Waals surface area contributed by atoms with E-state index in [1.165, 1.54) is 11.1 Å². The molecule has 0 saturated heterocycles. The van der Waals surface area contributed by atoms with E-state index in [9.17, 15) is 0 Å². The zero-order chi connectivity index (χ0) is 17.8. The van der Waals surface area contributed by atoms with E-state index >= 15 is 0 Å². The van der Waals surface area contributed by atoms with Crippen LogP contribution in [0.15, 0.2) is 48.7 Å². The van der Waals surface area contributed by atoms with E-state index in [0.717, 1.165) is 23.5 Å². The molecule has 0 aliphatic heterocycles. The normalized spacial score (nSPS) is 10.6. The third kappa shape index (κ3) is 3.94. The summed E-state index contributed by atoms with van der Waals surface area (Å²) in [7, 11) is 0. The molecule has 0 amide bonds. The van der Waals surface area contributed by atoms with Gasteiger partial charge in [0.05, 0.1) is 6.20 Å². The summed E-state index contributed by atoms with van der Waals surface area (Å²) in [5, 5.41) is 11.7. The second-order valence-corrected chi connectivity index (χ2v) is 6.17. The SMILES string of the molecule is CCN(c1cccc(C)c1)c1nncc(Nc2cc(C)ccc2C)n1. The predicted octanol–water partition coefficient (Wildman–Crippen LogP) is 4.70. The number of nitrogens with zero attached hydrogens (tertiary/aromatic N) is 4. The molecule has 1 heterocycles. The molecule has 0 saturated carbocycles. The van der Waals surface area contributed by atoms with E-state index in [-0.39, 0.29) is 0 Å². The first kappa shape index (κ1) is 16.9. The molecular weight excluding hydrogens is 310 g/mol. The lowest BCUT2D eigenvalue weighted by atomic mass is 10.1. The van der Waals surface area contributed by atoms with Gasteiger partial charge in [-0.25, -0.2) is 0 Å². The van der Waals surface area contributed by atoms with Crippen molar-refractivity contribution in [2.75, 3.05) is 16.8 Å². The number of rotatable bonds is 5. The summed E-state index contributed by atoms with van der Waals surface area (Å²) < 4.78 is 0. The molecule has 3 aromatic rings. The van der Waals surface area contributed by atoms with Gasteiger partial charge >= 0.3 is 0 Å². The van der Waals surface area contributed by atoms with E-state index in [1.54, 1.807) is 6.20 Å². The van der Waals surface area contributed by atoms with Crippen molar-refractivity contribution in [3.8, 4) is 0 Å². The molecule has 0 fully saturated rings. The van der Waals surface area contributed by atoms with E-state index in [0.29, 0.717) is 11.8 Å². The fraction of sp³-hybridized carbons (Fsp3) is 0.250. The average molecular weight is 333 g/mol. The lowest BCUT2D eigenvalue weighted by Crippen LogP contribution is -2.19. The Morgan fingerprint density at radius 1 is 1.00 bits per heavy atom. The summed E-state index contributed by atoms with van der Waals surface area (Å²) in [6, 6.07) is 14.6. The third-order valence-corrected chi connectivity index (χ3v) is 4.07. The van der Waals surface area contributed by atoms with Crippen molar-refractivity contribution < 1.29 is 0 Å². The highest BCUT2D eigenvalue weighted by molar-refractivity contribution is 5.63. The molecular formula is C20H23N5. The summed E-state index contributed by atoms with van der Waals surface area (Å²) in [5.41, 5.74) is 5.66. The Morgan fingerprint density at radius 3 is 2.56 bits per heavy atom. The van der Waals surface area contributed by atoms with Crippen molar-refractivity contribution >= 4 is 23.1 Å². The fourth-order valence-corrected chi connectivity index (χ4v) is 2.71. The molecule has 5 heteroatoms. The Bertz CT molecular complexity index is 875. The number of anilines is 4. The van der Waals surface area contributed by atoms with Gasteiger partial charge in [-0.1, -0.05) is 24.3 Å². The second kappa shape index (κ2) is 7.30. The first-order valence-electron chi connectivity index (χ1n) is 8.45. The van der Waals surface area contributed by atoms with E-state index < -0.39 is 0 Å². The van der Waals surface area contributed by atoms with Crippen LogP contribution in [0.1, 0.15) is 23.6 Å². The molecule has 0 bridgehead atoms. The number of benzene rings is 2. The molecule has 0 atom stereocenters. The monoisotopic (exact) mass is 333 g/mol. The molecule has 3 rings (SSSR count). The predicted molar refractivity (Wildman–Crippen MR) is 103 cm³/mol. The summed E-state index contributed by atoms with van der Waals surface area (Å²) in [5.74, 6) is 1.27. The number of hydrogen-bond donors (Lipinski definition) is 1. The minimum Gasteiger partial charge on any atom is -0.339 e. The highest BCUT2D eigenvalue weighted by atomic mass is 15.3. The summed E-state index contributed by atoms with van der Waals surface area (Å²) in [6.45, 7) is 9.07. The minimum absolute atomic E-state index is 0.586. The molecule has 0 aliphatic rings. The molecule has 25 heavy (non-hydrogen) atoms. The van der Waals surface area contributed by atoms with Gasteiger partial charge in [0.1, 0.15) is 0 Å². The van der Waals surface area contributed by atoms with Crippen LogP contribution in [0.2, 0.25) is 0 Å². The summed E-state index contributed by atoms with van der Waals surface area (Å²) in [6.07, 6.45) is 1.65. The van der Waals surface area contributed by atoms with Crippen LogP contribution < -0.4 is 10.2 Å². The first-order valence-corrected chi connectivity index (χ1v) is 8.45. The van der Waals surface area contributed by atoms with Crippen LogP contribution in [-0.2, 0) is 0 Å². The van der Waals surface area contributed by atoms with Crippen LogP contribution in [0, 0.1) is 20.8 Å². The lowest BCUT2D eigenvalue weighted by molar-refractivity contribution is 0.886. The van der Waals surface area contributed by atoms with Gasteiger partial charge in [0.25, 0.3) is 5.95 Å². The van der Waals surface area contributed by atoms with Gasteiger partial charge in [0, 0.05) is 17.9 Å². The lowest BCUT2D eigenvalue weighted by Gasteiger charge is -2.21. The zero-order valence-corrected chi connectivity index (χ0v) is 15.1. The zero-order valence-electron chi connectivity index (χ0n) is 15.1. The first-order chi connectivity index (χ1) is 12.1. The minimum atomic E-state index is 0.586. The van der Waals surface area contributed by atoms with E-state index in [4.69, 9.17) is 0 Å². The molecule has 0 spiro atoms. The Kier molecular flexibility index (Phi) is 4.93. The molecule has 5 nitrogen and oxygen atoms in total. The molecule has 1 aromatic heterocycles. The topological polar surface area (TPSA) is 53.9 Å². The number of hydrogen-bond acceptors (Lipinski definition) is 5. The Morgan fingerprint density at radius 2 is 1.80 bits per heavy atom. The van der Waals surface area contributed by atoms with Crippen LogP contribution >= 0.6 is 0 Å². The smallest absolute Gasteiger partial charge is 0.251 e. The second-order valence-electron chi connectivity index (χ2n) is 6.17. The van der Waals surface area contributed by atoms with Gasteiger partial charge in [-0.05, 0) is 62.6 Å². The maximum absolute atomic E-state index is 4.66.